The molecule has 2 aromatic heterocycles. The molecular formula is C22H34S2. The molecule has 0 nitrogen and oxygen atoms in total. The molecule has 2 heterocycles. The lowest BCUT2D eigenvalue weighted by Gasteiger charge is -2.02. The number of thiophene rings is 2. The van der Waals surface area contributed by atoms with Crippen molar-refractivity contribution >= 4 is 22.7 Å². The second-order valence-corrected chi connectivity index (χ2v) is 8.75. The van der Waals surface area contributed by atoms with Gasteiger partial charge in [-0.25, -0.2) is 0 Å². The van der Waals surface area contributed by atoms with Gasteiger partial charge < -0.3 is 0 Å². The van der Waals surface area contributed by atoms with Gasteiger partial charge >= 0.3 is 0 Å². The summed E-state index contributed by atoms with van der Waals surface area (Å²) in [6.07, 6.45) is 16.3. The van der Waals surface area contributed by atoms with E-state index in [4.69, 9.17) is 0 Å². The van der Waals surface area contributed by atoms with Gasteiger partial charge in [0.25, 0.3) is 0 Å². The molecule has 2 rings (SSSR count). The van der Waals surface area contributed by atoms with Crippen molar-refractivity contribution in [1.82, 2.24) is 0 Å². The average molecular weight is 363 g/mol. The van der Waals surface area contributed by atoms with Crippen LogP contribution in [0, 0.1) is 0 Å². The molecule has 0 fully saturated rings. The predicted octanol–water partition coefficient (Wildman–Crippen LogP) is 8.50. The maximum Gasteiger partial charge on any atom is 0.0474 e. The SMILES string of the molecule is CCCCCCCc1csc(-c2sccc2CCCCCCC)c1. The van der Waals surface area contributed by atoms with Crippen molar-refractivity contribution in [2.45, 2.75) is 90.9 Å². The normalized spacial score (nSPS) is 11.2. The van der Waals surface area contributed by atoms with Gasteiger partial charge in [-0.3, -0.25) is 0 Å². The van der Waals surface area contributed by atoms with E-state index in [2.05, 4.69) is 36.7 Å². The van der Waals surface area contributed by atoms with Gasteiger partial charge in [-0.15, -0.1) is 22.7 Å². The van der Waals surface area contributed by atoms with E-state index in [-0.39, 0.29) is 0 Å². The Morgan fingerprint density at radius 1 is 0.750 bits per heavy atom. The zero-order valence-electron chi connectivity index (χ0n) is 15.6. The Balaban J connectivity index is 1.80. The summed E-state index contributed by atoms with van der Waals surface area (Å²) >= 11 is 3.88. The van der Waals surface area contributed by atoms with Gasteiger partial charge in [0, 0.05) is 9.75 Å². The number of rotatable bonds is 13. The molecule has 2 heteroatoms. The van der Waals surface area contributed by atoms with Gasteiger partial charge in [0.2, 0.25) is 0 Å². The molecular weight excluding hydrogens is 328 g/mol. The first-order valence-corrected chi connectivity index (χ1v) is 11.7. The Labute approximate surface area is 157 Å². The van der Waals surface area contributed by atoms with Crippen molar-refractivity contribution in [3.63, 3.8) is 0 Å². The van der Waals surface area contributed by atoms with Crippen LogP contribution < -0.4 is 0 Å². The Morgan fingerprint density at radius 3 is 2.12 bits per heavy atom. The van der Waals surface area contributed by atoms with E-state index in [1.807, 2.05) is 22.7 Å². The summed E-state index contributed by atoms with van der Waals surface area (Å²) in [5.74, 6) is 0. The maximum absolute atomic E-state index is 2.46. The van der Waals surface area contributed by atoms with E-state index in [1.54, 1.807) is 11.1 Å². The fraction of sp³-hybridized carbons (Fsp3) is 0.636. The second-order valence-electron chi connectivity index (χ2n) is 6.92. The highest BCUT2D eigenvalue weighted by molar-refractivity contribution is 7.20. The molecule has 0 aromatic carbocycles. The van der Waals surface area contributed by atoms with E-state index in [0.717, 1.165) is 0 Å². The van der Waals surface area contributed by atoms with E-state index in [9.17, 15) is 0 Å². The molecule has 0 aliphatic rings. The first-order chi connectivity index (χ1) is 11.8. The molecule has 0 bridgehead atoms. The van der Waals surface area contributed by atoms with Crippen molar-refractivity contribution in [3.8, 4) is 9.75 Å². The summed E-state index contributed by atoms with van der Waals surface area (Å²) in [4.78, 5) is 3.03. The molecule has 0 unspecified atom stereocenters. The van der Waals surface area contributed by atoms with Crippen LogP contribution in [-0.4, -0.2) is 0 Å². The number of hydrogen-bond acceptors (Lipinski definition) is 2. The Bertz CT molecular complexity index is 550. The molecule has 0 saturated heterocycles. The molecule has 0 atom stereocenters. The summed E-state index contributed by atoms with van der Waals surface area (Å²) in [6.45, 7) is 4.57. The summed E-state index contributed by atoms with van der Waals surface area (Å²) in [5.41, 5.74) is 3.13. The standard InChI is InChI=1S/C22H34S2/c1-3-5-7-9-11-13-19-17-21(24-18-19)22-20(15-16-23-22)14-12-10-8-6-4-2/h15-18H,3-14H2,1-2H3. The van der Waals surface area contributed by atoms with Gasteiger partial charge in [-0.05, 0) is 59.7 Å². The molecule has 0 N–H and O–H groups in total. The molecule has 0 aliphatic carbocycles. The van der Waals surface area contributed by atoms with Gasteiger partial charge in [-0.2, -0.15) is 0 Å². The quantitative estimate of drug-likeness (QED) is 0.313. The largest absolute Gasteiger partial charge is 0.143 e. The van der Waals surface area contributed by atoms with Crippen molar-refractivity contribution in [2.24, 2.45) is 0 Å². The zero-order valence-corrected chi connectivity index (χ0v) is 17.2. The minimum Gasteiger partial charge on any atom is -0.143 e. The van der Waals surface area contributed by atoms with Gasteiger partial charge in [0.1, 0.15) is 0 Å². The highest BCUT2D eigenvalue weighted by atomic mass is 32.1. The van der Waals surface area contributed by atoms with Crippen LogP contribution in [0.5, 0.6) is 0 Å². The lowest BCUT2D eigenvalue weighted by molar-refractivity contribution is 0.632. The van der Waals surface area contributed by atoms with Crippen molar-refractivity contribution in [1.29, 1.82) is 0 Å². The highest BCUT2D eigenvalue weighted by Gasteiger charge is 2.09. The lowest BCUT2D eigenvalue weighted by Crippen LogP contribution is -1.86. The van der Waals surface area contributed by atoms with E-state index in [0.29, 0.717) is 0 Å². The third kappa shape index (κ3) is 6.72. The van der Waals surface area contributed by atoms with Crippen LogP contribution in [0.25, 0.3) is 9.75 Å². The molecule has 0 radical (unpaired) electrons. The highest BCUT2D eigenvalue weighted by Crippen LogP contribution is 2.35. The fourth-order valence-electron chi connectivity index (χ4n) is 3.23. The van der Waals surface area contributed by atoms with E-state index < -0.39 is 0 Å². The summed E-state index contributed by atoms with van der Waals surface area (Å²) in [7, 11) is 0. The van der Waals surface area contributed by atoms with Crippen LogP contribution in [0.1, 0.15) is 89.2 Å². The molecule has 134 valence electrons. The van der Waals surface area contributed by atoms with Gasteiger partial charge in [-0.1, -0.05) is 65.2 Å². The molecule has 0 saturated carbocycles. The average Bonchev–Trinajstić information content (AvgIpc) is 3.23. The van der Waals surface area contributed by atoms with Crippen LogP contribution in [0.2, 0.25) is 0 Å². The smallest absolute Gasteiger partial charge is 0.0474 e. The first kappa shape index (κ1) is 19.7. The number of hydrogen-bond donors (Lipinski definition) is 0. The van der Waals surface area contributed by atoms with Crippen LogP contribution in [0.15, 0.2) is 22.9 Å². The molecule has 0 amide bonds. The third-order valence-corrected chi connectivity index (χ3v) is 6.86. The van der Waals surface area contributed by atoms with Crippen molar-refractivity contribution in [3.05, 3.63) is 34.0 Å². The third-order valence-electron chi connectivity index (χ3n) is 4.74. The van der Waals surface area contributed by atoms with Gasteiger partial charge in [0.15, 0.2) is 0 Å². The van der Waals surface area contributed by atoms with Crippen molar-refractivity contribution in [2.75, 3.05) is 0 Å². The summed E-state index contributed by atoms with van der Waals surface area (Å²) in [6, 6.07) is 4.81. The minimum absolute atomic E-state index is 1.26. The molecule has 24 heavy (non-hydrogen) atoms. The van der Waals surface area contributed by atoms with Crippen LogP contribution >= 0.6 is 22.7 Å². The van der Waals surface area contributed by atoms with Crippen LogP contribution in [-0.2, 0) is 12.8 Å². The monoisotopic (exact) mass is 362 g/mol. The fourth-order valence-corrected chi connectivity index (χ4v) is 5.30. The van der Waals surface area contributed by atoms with Gasteiger partial charge in [0.05, 0.1) is 0 Å². The second kappa shape index (κ2) is 11.9. The number of aryl methyl sites for hydroxylation is 2. The Hall–Kier alpha value is -0.600. The van der Waals surface area contributed by atoms with Crippen LogP contribution in [0.4, 0.5) is 0 Å². The molecule has 2 aromatic rings. The predicted molar refractivity (Wildman–Crippen MR) is 113 cm³/mol. The summed E-state index contributed by atoms with van der Waals surface area (Å²) in [5, 5.41) is 4.67. The minimum atomic E-state index is 1.26. The topological polar surface area (TPSA) is 0 Å². The lowest BCUT2D eigenvalue weighted by atomic mass is 10.0. The van der Waals surface area contributed by atoms with Crippen molar-refractivity contribution < 1.29 is 0 Å². The van der Waals surface area contributed by atoms with E-state index >= 15 is 0 Å². The Morgan fingerprint density at radius 2 is 1.42 bits per heavy atom. The first-order valence-electron chi connectivity index (χ1n) is 9.99. The molecule has 0 spiro atoms. The zero-order chi connectivity index (χ0) is 17.0. The number of unbranched alkanes of at least 4 members (excludes halogenated alkanes) is 8. The Kier molecular flexibility index (Phi) is 9.75. The summed E-state index contributed by atoms with van der Waals surface area (Å²) < 4.78 is 0. The van der Waals surface area contributed by atoms with E-state index in [1.165, 1.54) is 86.8 Å². The van der Waals surface area contributed by atoms with Crippen LogP contribution in [0.3, 0.4) is 0 Å². The maximum atomic E-state index is 2.46. The molecule has 0 aliphatic heterocycles.